The molecule has 3 nitrogen and oxygen atoms in total. The summed E-state index contributed by atoms with van der Waals surface area (Å²) in [5.74, 6) is 0.252. The summed E-state index contributed by atoms with van der Waals surface area (Å²) in [4.78, 5) is 12.0. The predicted molar refractivity (Wildman–Crippen MR) is 78.7 cm³/mol. The summed E-state index contributed by atoms with van der Waals surface area (Å²) in [6, 6.07) is 6.12. The van der Waals surface area contributed by atoms with Gasteiger partial charge in [-0.15, -0.1) is 0 Å². The van der Waals surface area contributed by atoms with E-state index in [0.29, 0.717) is 11.5 Å². The van der Waals surface area contributed by atoms with Crippen LogP contribution in [0.15, 0.2) is 29.8 Å². The number of piperidine rings is 1. The minimum absolute atomic E-state index is 0.0483. The van der Waals surface area contributed by atoms with Crippen LogP contribution in [-0.2, 0) is 4.79 Å². The topological polar surface area (TPSA) is 41.1 Å². The van der Waals surface area contributed by atoms with Gasteiger partial charge in [-0.3, -0.25) is 4.79 Å². The molecule has 0 bridgehead atoms. The number of rotatable bonds is 4. The highest BCUT2D eigenvalue weighted by molar-refractivity contribution is 5.97. The molecule has 2 N–H and O–H groups in total. The van der Waals surface area contributed by atoms with E-state index in [9.17, 15) is 9.18 Å². The van der Waals surface area contributed by atoms with E-state index in [1.54, 1.807) is 25.1 Å². The van der Waals surface area contributed by atoms with E-state index in [2.05, 4.69) is 10.6 Å². The molecule has 1 amide bonds. The summed E-state index contributed by atoms with van der Waals surface area (Å²) in [6.45, 7) is 4.58. The molecule has 0 aliphatic carbocycles. The van der Waals surface area contributed by atoms with Crippen molar-refractivity contribution in [3.8, 4) is 0 Å². The number of hydrogen-bond donors (Lipinski definition) is 2. The Morgan fingerprint density at radius 3 is 2.65 bits per heavy atom. The number of amides is 1. The molecule has 4 heteroatoms. The molecule has 1 aliphatic rings. The van der Waals surface area contributed by atoms with Crippen LogP contribution in [0.5, 0.6) is 0 Å². The normalized spacial score (nSPS) is 17.0. The van der Waals surface area contributed by atoms with Gasteiger partial charge in [-0.05, 0) is 62.5 Å². The maximum Gasteiger partial charge on any atom is 0.246 e. The molecule has 1 saturated heterocycles. The summed E-state index contributed by atoms with van der Waals surface area (Å²) in [6.07, 6.45) is 4.00. The quantitative estimate of drug-likeness (QED) is 0.829. The van der Waals surface area contributed by atoms with E-state index in [4.69, 9.17) is 0 Å². The number of halogens is 1. The van der Waals surface area contributed by atoms with Crippen LogP contribution in [0.25, 0.3) is 6.08 Å². The zero-order valence-corrected chi connectivity index (χ0v) is 11.8. The van der Waals surface area contributed by atoms with Crippen LogP contribution < -0.4 is 10.6 Å². The lowest BCUT2D eigenvalue weighted by Crippen LogP contribution is -2.36. The lowest BCUT2D eigenvalue weighted by atomic mass is 9.98. The van der Waals surface area contributed by atoms with Crippen molar-refractivity contribution in [2.45, 2.75) is 19.8 Å². The molecule has 0 saturated carbocycles. The van der Waals surface area contributed by atoms with Crippen LogP contribution in [0.1, 0.15) is 25.3 Å². The molecule has 1 aliphatic heterocycles. The summed E-state index contributed by atoms with van der Waals surface area (Å²) >= 11 is 0. The molecular formula is C16H21FN2O. The van der Waals surface area contributed by atoms with Crippen molar-refractivity contribution in [1.82, 2.24) is 10.6 Å². The molecule has 0 unspecified atom stereocenters. The molecule has 0 atom stereocenters. The van der Waals surface area contributed by atoms with Crippen molar-refractivity contribution in [1.29, 1.82) is 0 Å². The lowest BCUT2D eigenvalue weighted by molar-refractivity contribution is -0.117. The van der Waals surface area contributed by atoms with E-state index < -0.39 is 0 Å². The van der Waals surface area contributed by atoms with Crippen LogP contribution in [0.3, 0.4) is 0 Å². The lowest BCUT2D eigenvalue weighted by Gasteiger charge is -2.22. The van der Waals surface area contributed by atoms with Crippen LogP contribution in [0.4, 0.5) is 4.39 Å². The van der Waals surface area contributed by atoms with E-state index in [0.717, 1.165) is 38.0 Å². The van der Waals surface area contributed by atoms with Crippen molar-refractivity contribution in [2.75, 3.05) is 19.6 Å². The molecule has 0 spiro atoms. The van der Waals surface area contributed by atoms with Crippen LogP contribution in [-0.4, -0.2) is 25.5 Å². The second-order valence-corrected chi connectivity index (χ2v) is 5.28. The summed E-state index contributed by atoms with van der Waals surface area (Å²) in [5, 5.41) is 6.28. The Morgan fingerprint density at radius 2 is 2.00 bits per heavy atom. The Hall–Kier alpha value is -1.68. The average molecular weight is 276 g/mol. The van der Waals surface area contributed by atoms with E-state index in [-0.39, 0.29) is 11.7 Å². The highest BCUT2D eigenvalue weighted by Gasteiger charge is 2.14. The second-order valence-electron chi connectivity index (χ2n) is 5.28. The number of carbonyl (C=O) groups excluding carboxylic acids is 1. The fourth-order valence-electron chi connectivity index (χ4n) is 2.34. The number of nitrogens with one attached hydrogen (secondary N) is 2. The van der Waals surface area contributed by atoms with E-state index >= 15 is 0 Å². The maximum absolute atomic E-state index is 12.8. The molecule has 1 aromatic carbocycles. The van der Waals surface area contributed by atoms with Gasteiger partial charge >= 0.3 is 0 Å². The van der Waals surface area contributed by atoms with Crippen molar-refractivity contribution < 1.29 is 9.18 Å². The van der Waals surface area contributed by atoms with Gasteiger partial charge in [-0.25, -0.2) is 4.39 Å². The molecule has 2 rings (SSSR count). The SMILES string of the molecule is CC(=Cc1ccc(F)cc1)C(=O)NCC1CCNCC1. The second kappa shape index (κ2) is 7.20. The van der Waals surface area contributed by atoms with Gasteiger partial charge in [0.05, 0.1) is 0 Å². The Morgan fingerprint density at radius 1 is 1.35 bits per heavy atom. The van der Waals surface area contributed by atoms with Gasteiger partial charge < -0.3 is 10.6 Å². The fraction of sp³-hybridized carbons (Fsp3) is 0.438. The summed E-state index contributed by atoms with van der Waals surface area (Å²) in [5.41, 5.74) is 1.48. The van der Waals surface area contributed by atoms with E-state index in [1.165, 1.54) is 12.1 Å². The maximum atomic E-state index is 12.8. The highest BCUT2D eigenvalue weighted by atomic mass is 19.1. The monoisotopic (exact) mass is 276 g/mol. The summed E-state index contributed by atoms with van der Waals surface area (Å²) in [7, 11) is 0. The van der Waals surface area contributed by atoms with Crippen LogP contribution in [0, 0.1) is 11.7 Å². The van der Waals surface area contributed by atoms with Gasteiger partial charge in [0.1, 0.15) is 5.82 Å². The largest absolute Gasteiger partial charge is 0.352 e. The zero-order valence-electron chi connectivity index (χ0n) is 11.8. The first kappa shape index (κ1) is 14.7. The third-order valence-electron chi connectivity index (χ3n) is 3.62. The first-order chi connectivity index (χ1) is 9.65. The fourth-order valence-corrected chi connectivity index (χ4v) is 2.34. The molecule has 0 aromatic heterocycles. The standard InChI is InChI=1S/C16H21FN2O/c1-12(10-13-2-4-15(17)5-3-13)16(20)19-11-14-6-8-18-9-7-14/h2-5,10,14,18H,6-9,11H2,1H3,(H,19,20). The van der Waals surface area contributed by atoms with Gasteiger partial charge in [0.2, 0.25) is 5.91 Å². The Kier molecular flexibility index (Phi) is 5.30. The predicted octanol–water partition coefficient (Wildman–Crippen LogP) is 2.34. The van der Waals surface area contributed by atoms with Crippen molar-refractivity contribution >= 4 is 12.0 Å². The molecule has 1 fully saturated rings. The average Bonchev–Trinajstić information content (AvgIpc) is 2.48. The molecule has 20 heavy (non-hydrogen) atoms. The van der Waals surface area contributed by atoms with Crippen molar-refractivity contribution in [3.05, 3.63) is 41.2 Å². The Labute approximate surface area is 119 Å². The van der Waals surface area contributed by atoms with E-state index in [1.807, 2.05) is 0 Å². The Balaban J connectivity index is 1.86. The number of carbonyl (C=O) groups is 1. The molecule has 108 valence electrons. The van der Waals surface area contributed by atoms with Crippen LogP contribution in [0.2, 0.25) is 0 Å². The molecular weight excluding hydrogens is 255 g/mol. The Bertz CT molecular complexity index is 476. The smallest absolute Gasteiger partial charge is 0.246 e. The highest BCUT2D eigenvalue weighted by Crippen LogP contribution is 2.11. The van der Waals surface area contributed by atoms with Gasteiger partial charge in [0.25, 0.3) is 0 Å². The van der Waals surface area contributed by atoms with Gasteiger partial charge in [-0.2, -0.15) is 0 Å². The van der Waals surface area contributed by atoms with Gasteiger partial charge in [-0.1, -0.05) is 12.1 Å². The summed E-state index contributed by atoms with van der Waals surface area (Å²) < 4.78 is 12.8. The van der Waals surface area contributed by atoms with Gasteiger partial charge in [0, 0.05) is 12.1 Å². The number of benzene rings is 1. The molecule has 0 radical (unpaired) electrons. The van der Waals surface area contributed by atoms with Crippen molar-refractivity contribution in [3.63, 3.8) is 0 Å². The third kappa shape index (κ3) is 4.46. The first-order valence-electron chi connectivity index (χ1n) is 7.08. The minimum Gasteiger partial charge on any atom is -0.352 e. The molecule has 1 aromatic rings. The minimum atomic E-state index is -0.268. The van der Waals surface area contributed by atoms with Crippen molar-refractivity contribution in [2.24, 2.45) is 5.92 Å². The molecule has 1 heterocycles. The van der Waals surface area contributed by atoms with Gasteiger partial charge in [0.15, 0.2) is 0 Å². The zero-order chi connectivity index (χ0) is 14.4. The first-order valence-corrected chi connectivity index (χ1v) is 7.08. The number of hydrogen-bond acceptors (Lipinski definition) is 2. The van der Waals surface area contributed by atoms with Crippen LogP contribution >= 0.6 is 0 Å². The third-order valence-corrected chi connectivity index (χ3v) is 3.62.